The Morgan fingerprint density at radius 1 is 1.04 bits per heavy atom. The van der Waals surface area contributed by atoms with Crippen molar-refractivity contribution in [1.29, 1.82) is 0 Å². The summed E-state index contributed by atoms with van der Waals surface area (Å²) in [6, 6.07) is 17.6. The average Bonchev–Trinajstić information content (AvgIpc) is 3.28. The van der Waals surface area contributed by atoms with Crippen molar-refractivity contribution in [3.63, 3.8) is 0 Å². The second-order valence-electron chi connectivity index (χ2n) is 6.04. The first-order chi connectivity index (χ1) is 12.8. The average molecular weight is 341 g/mol. The van der Waals surface area contributed by atoms with Gasteiger partial charge in [-0.2, -0.15) is 10.1 Å². The summed E-state index contributed by atoms with van der Waals surface area (Å²) in [5.74, 6) is 0.534. The zero-order chi connectivity index (χ0) is 17.5. The van der Waals surface area contributed by atoms with E-state index in [4.69, 9.17) is 5.73 Å². The Hall–Kier alpha value is -3.87. The molecule has 0 amide bonds. The molecule has 0 aliphatic carbocycles. The summed E-state index contributed by atoms with van der Waals surface area (Å²) in [6.07, 6.45) is 3.70. The monoisotopic (exact) mass is 341 g/mol. The molecule has 4 N–H and O–H groups in total. The van der Waals surface area contributed by atoms with Crippen LogP contribution in [0.25, 0.3) is 27.7 Å². The maximum atomic E-state index is 5.73. The van der Waals surface area contributed by atoms with Gasteiger partial charge >= 0.3 is 0 Å². The topological polar surface area (TPSA) is 96.9 Å². The third-order valence-corrected chi connectivity index (χ3v) is 4.28. The molecule has 7 nitrogen and oxygen atoms in total. The number of aromatic amines is 1. The van der Waals surface area contributed by atoms with Crippen LogP contribution in [0.5, 0.6) is 0 Å². The number of hydrogen-bond donors (Lipinski definition) is 3. The van der Waals surface area contributed by atoms with E-state index in [1.807, 2.05) is 54.9 Å². The molecule has 2 aromatic carbocycles. The van der Waals surface area contributed by atoms with E-state index in [1.54, 1.807) is 4.52 Å². The van der Waals surface area contributed by atoms with Crippen molar-refractivity contribution >= 4 is 33.9 Å². The largest absolute Gasteiger partial charge is 0.399 e. The maximum Gasteiger partial charge on any atom is 0.247 e. The molecule has 0 fully saturated rings. The Morgan fingerprint density at radius 2 is 1.92 bits per heavy atom. The Labute approximate surface area is 148 Å². The zero-order valence-electron chi connectivity index (χ0n) is 13.7. The van der Waals surface area contributed by atoms with Crippen LogP contribution in [0, 0.1) is 0 Å². The van der Waals surface area contributed by atoms with Gasteiger partial charge in [-0.25, -0.2) is 4.52 Å². The number of anilines is 3. The number of pyridine rings is 1. The van der Waals surface area contributed by atoms with E-state index in [-0.39, 0.29) is 0 Å². The molecule has 126 valence electrons. The normalized spacial score (nSPS) is 11.2. The van der Waals surface area contributed by atoms with Crippen molar-refractivity contribution in [2.24, 2.45) is 0 Å². The van der Waals surface area contributed by atoms with Crippen molar-refractivity contribution in [3.8, 4) is 11.1 Å². The predicted molar refractivity (Wildman–Crippen MR) is 102 cm³/mol. The van der Waals surface area contributed by atoms with Crippen LogP contribution >= 0.6 is 0 Å². The SMILES string of the molecule is Nc1ccc(Nc2nc3c(-c4ccc5[nH]ncc5c4)cccn3n2)cc1. The highest BCUT2D eigenvalue weighted by Gasteiger charge is 2.10. The number of benzene rings is 2. The molecule has 0 atom stereocenters. The van der Waals surface area contributed by atoms with Crippen LogP contribution in [-0.2, 0) is 0 Å². The lowest BCUT2D eigenvalue weighted by Gasteiger charge is -2.03. The van der Waals surface area contributed by atoms with Gasteiger partial charge in [0.05, 0.1) is 11.7 Å². The van der Waals surface area contributed by atoms with Crippen molar-refractivity contribution < 1.29 is 0 Å². The molecule has 0 bridgehead atoms. The Bertz CT molecular complexity index is 1220. The summed E-state index contributed by atoms with van der Waals surface area (Å²) in [7, 11) is 0. The number of nitrogens with zero attached hydrogens (tertiary/aromatic N) is 4. The number of fused-ring (bicyclic) bond motifs is 2. The molecule has 0 saturated carbocycles. The number of nitrogens with one attached hydrogen (secondary N) is 2. The molecule has 0 saturated heterocycles. The fourth-order valence-corrected chi connectivity index (χ4v) is 2.99. The fraction of sp³-hybridized carbons (Fsp3) is 0. The molecule has 7 heteroatoms. The third-order valence-electron chi connectivity index (χ3n) is 4.28. The summed E-state index contributed by atoms with van der Waals surface area (Å²) in [4.78, 5) is 4.66. The molecular weight excluding hydrogens is 326 g/mol. The first-order valence-corrected chi connectivity index (χ1v) is 8.18. The maximum absolute atomic E-state index is 5.73. The zero-order valence-corrected chi connectivity index (χ0v) is 13.7. The molecule has 26 heavy (non-hydrogen) atoms. The summed E-state index contributed by atoms with van der Waals surface area (Å²) < 4.78 is 1.77. The van der Waals surface area contributed by atoms with Crippen LogP contribution in [0.4, 0.5) is 17.3 Å². The highest BCUT2D eigenvalue weighted by Crippen LogP contribution is 2.27. The van der Waals surface area contributed by atoms with Gasteiger partial charge in [0.2, 0.25) is 5.95 Å². The van der Waals surface area contributed by atoms with E-state index in [9.17, 15) is 0 Å². The summed E-state index contributed by atoms with van der Waals surface area (Å²) >= 11 is 0. The Morgan fingerprint density at radius 3 is 2.81 bits per heavy atom. The number of hydrogen-bond acceptors (Lipinski definition) is 5. The minimum absolute atomic E-state index is 0.534. The van der Waals surface area contributed by atoms with E-state index < -0.39 is 0 Å². The number of aromatic nitrogens is 5. The van der Waals surface area contributed by atoms with E-state index in [0.29, 0.717) is 5.95 Å². The summed E-state index contributed by atoms with van der Waals surface area (Å²) in [5.41, 5.74) is 11.2. The van der Waals surface area contributed by atoms with E-state index >= 15 is 0 Å². The fourth-order valence-electron chi connectivity index (χ4n) is 2.99. The molecule has 3 heterocycles. The van der Waals surface area contributed by atoms with Crippen molar-refractivity contribution in [2.75, 3.05) is 11.1 Å². The third kappa shape index (κ3) is 2.42. The van der Waals surface area contributed by atoms with Gasteiger partial charge in [0, 0.05) is 28.5 Å². The Balaban J connectivity index is 1.58. The van der Waals surface area contributed by atoms with Gasteiger partial charge in [-0.3, -0.25) is 5.10 Å². The molecule has 0 aliphatic heterocycles. The van der Waals surface area contributed by atoms with Crippen molar-refractivity contribution in [2.45, 2.75) is 0 Å². The smallest absolute Gasteiger partial charge is 0.247 e. The number of H-pyrrole nitrogens is 1. The van der Waals surface area contributed by atoms with Crippen LogP contribution in [0.2, 0.25) is 0 Å². The second-order valence-corrected chi connectivity index (χ2v) is 6.04. The quantitative estimate of drug-likeness (QED) is 0.436. The van der Waals surface area contributed by atoms with Crippen LogP contribution in [-0.4, -0.2) is 24.8 Å². The van der Waals surface area contributed by atoms with Crippen LogP contribution < -0.4 is 11.1 Å². The lowest BCUT2D eigenvalue weighted by molar-refractivity contribution is 0.966. The molecule has 5 aromatic rings. The minimum atomic E-state index is 0.534. The van der Waals surface area contributed by atoms with Gasteiger partial charge in [-0.1, -0.05) is 6.07 Å². The second kappa shape index (κ2) is 5.59. The predicted octanol–water partition coefficient (Wildman–Crippen LogP) is 3.60. The minimum Gasteiger partial charge on any atom is -0.399 e. The van der Waals surface area contributed by atoms with E-state index in [2.05, 4.69) is 37.7 Å². The first-order valence-electron chi connectivity index (χ1n) is 8.18. The van der Waals surface area contributed by atoms with Gasteiger partial charge in [-0.05, 0) is 54.1 Å². The van der Waals surface area contributed by atoms with Crippen LogP contribution in [0.3, 0.4) is 0 Å². The van der Waals surface area contributed by atoms with Gasteiger partial charge in [0.1, 0.15) is 0 Å². The molecule has 0 radical (unpaired) electrons. The number of nitrogens with two attached hydrogens (primary N) is 1. The Kier molecular flexibility index (Phi) is 3.11. The molecule has 3 aromatic heterocycles. The molecule has 0 spiro atoms. The van der Waals surface area contributed by atoms with Gasteiger partial charge < -0.3 is 11.1 Å². The van der Waals surface area contributed by atoms with Gasteiger partial charge in [0.15, 0.2) is 5.65 Å². The number of rotatable bonds is 3. The molecule has 0 unspecified atom stereocenters. The number of nitrogen functional groups attached to an aromatic ring is 1. The lowest BCUT2D eigenvalue weighted by atomic mass is 10.1. The summed E-state index contributed by atoms with van der Waals surface area (Å²) in [6.45, 7) is 0. The van der Waals surface area contributed by atoms with Gasteiger partial charge in [0.25, 0.3) is 0 Å². The van der Waals surface area contributed by atoms with Crippen molar-refractivity contribution in [1.82, 2.24) is 24.8 Å². The highest BCUT2D eigenvalue weighted by atomic mass is 15.3. The molecule has 0 aliphatic rings. The molecular formula is C19H15N7. The van der Waals surface area contributed by atoms with Gasteiger partial charge in [-0.15, -0.1) is 5.10 Å². The van der Waals surface area contributed by atoms with E-state index in [1.165, 1.54) is 0 Å². The summed E-state index contributed by atoms with van der Waals surface area (Å²) in [5, 5.41) is 15.8. The van der Waals surface area contributed by atoms with Crippen LogP contribution in [0.1, 0.15) is 0 Å². The van der Waals surface area contributed by atoms with E-state index in [0.717, 1.165) is 39.1 Å². The molecule has 5 rings (SSSR count). The standard InChI is InChI=1S/C19H15N7/c20-14-4-6-15(7-5-14)22-19-23-18-16(2-1-9-26(18)25-19)12-3-8-17-13(10-12)11-21-24-17/h1-11H,20H2,(H,21,24)(H,22,25). The highest BCUT2D eigenvalue weighted by molar-refractivity contribution is 5.87. The van der Waals surface area contributed by atoms with Crippen molar-refractivity contribution in [3.05, 3.63) is 67.0 Å². The lowest BCUT2D eigenvalue weighted by Crippen LogP contribution is -1.93. The first kappa shape index (κ1) is 14.5. The van der Waals surface area contributed by atoms with Crippen LogP contribution in [0.15, 0.2) is 67.0 Å².